The van der Waals surface area contributed by atoms with Crippen LogP contribution in [0.3, 0.4) is 0 Å². The van der Waals surface area contributed by atoms with E-state index in [4.69, 9.17) is 10.2 Å². The number of allylic oxidation sites excluding steroid dienone is 2. The quantitative estimate of drug-likeness (QED) is 0.457. The van der Waals surface area contributed by atoms with E-state index in [0.717, 1.165) is 25.7 Å². The van der Waals surface area contributed by atoms with Crippen LogP contribution in [-0.4, -0.2) is 16.8 Å². The van der Waals surface area contributed by atoms with E-state index in [1.165, 1.54) is 0 Å². The smallest absolute Gasteiger partial charge is 0.0880 e. The van der Waals surface area contributed by atoms with E-state index in [-0.39, 0.29) is 6.61 Å². The molecule has 0 rings (SSSR count). The Morgan fingerprint density at radius 2 is 2.00 bits per heavy atom. The molecule has 0 heterocycles. The molecule has 0 aromatic rings. The SMILES string of the molecule is CC=C(O)CCCCCO. The largest absolute Gasteiger partial charge is 0.513 e. The second-order valence-corrected chi connectivity index (χ2v) is 2.31. The third-order valence-corrected chi connectivity index (χ3v) is 1.42. The maximum Gasteiger partial charge on any atom is 0.0880 e. The summed E-state index contributed by atoms with van der Waals surface area (Å²) in [6.07, 6.45) is 5.26. The Labute approximate surface area is 62.2 Å². The lowest BCUT2D eigenvalue weighted by molar-refractivity contribution is 0.281. The molecule has 0 radical (unpaired) electrons. The van der Waals surface area contributed by atoms with Crippen molar-refractivity contribution in [2.45, 2.75) is 32.6 Å². The van der Waals surface area contributed by atoms with Gasteiger partial charge >= 0.3 is 0 Å². The van der Waals surface area contributed by atoms with E-state index in [1.807, 2.05) is 6.92 Å². The molecule has 2 nitrogen and oxygen atoms in total. The maximum absolute atomic E-state index is 8.96. The van der Waals surface area contributed by atoms with Crippen LogP contribution in [0.4, 0.5) is 0 Å². The molecule has 2 N–H and O–H groups in total. The van der Waals surface area contributed by atoms with Crippen molar-refractivity contribution in [3.63, 3.8) is 0 Å². The van der Waals surface area contributed by atoms with E-state index in [2.05, 4.69) is 0 Å². The van der Waals surface area contributed by atoms with Crippen LogP contribution in [0.15, 0.2) is 11.8 Å². The van der Waals surface area contributed by atoms with Gasteiger partial charge in [-0.3, -0.25) is 0 Å². The molecule has 0 unspecified atom stereocenters. The van der Waals surface area contributed by atoms with Gasteiger partial charge in [-0.1, -0.05) is 6.42 Å². The first kappa shape index (κ1) is 9.50. The Morgan fingerprint density at radius 3 is 2.50 bits per heavy atom. The van der Waals surface area contributed by atoms with E-state index < -0.39 is 0 Å². The number of aliphatic hydroxyl groups excluding tert-OH is 2. The number of hydrogen-bond donors (Lipinski definition) is 2. The molecule has 10 heavy (non-hydrogen) atoms. The van der Waals surface area contributed by atoms with Crippen molar-refractivity contribution in [1.82, 2.24) is 0 Å². The van der Waals surface area contributed by atoms with Crippen molar-refractivity contribution in [2.24, 2.45) is 0 Å². The molecule has 0 amide bonds. The number of rotatable bonds is 5. The summed E-state index contributed by atoms with van der Waals surface area (Å²) in [4.78, 5) is 0. The fourth-order valence-corrected chi connectivity index (χ4v) is 0.739. The average Bonchev–Trinajstić information content (AvgIpc) is 1.98. The average molecular weight is 144 g/mol. The monoisotopic (exact) mass is 144 g/mol. The van der Waals surface area contributed by atoms with Crippen molar-refractivity contribution in [2.75, 3.05) is 6.61 Å². The van der Waals surface area contributed by atoms with Crippen LogP contribution in [-0.2, 0) is 0 Å². The van der Waals surface area contributed by atoms with Gasteiger partial charge in [-0.15, -0.1) is 0 Å². The van der Waals surface area contributed by atoms with Crippen LogP contribution in [0.2, 0.25) is 0 Å². The van der Waals surface area contributed by atoms with Gasteiger partial charge in [0.05, 0.1) is 5.76 Å². The van der Waals surface area contributed by atoms with Crippen LogP contribution in [0, 0.1) is 0 Å². The molecule has 0 spiro atoms. The zero-order valence-corrected chi connectivity index (χ0v) is 6.51. The van der Waals surface area contributed by atoms with E-state index in [9.17, 15) is 0 Å². The van der Waals surface area contributed by atoms with Crippen molar-refractivity contribution in [3.05, 3.63) is 11.8 Å². The standard InChI is InChI=1S/C8H16O2/c1-2-8(10)6-4-3-5-7-9/h2,9-10H,3-7H2,1H3. The minimum atomic E-state index is 0.261. The normalized spacial score (nSPS) is 12.0. The van der Waals surface area contributed by atoms with Gasteiger partial charge in [0.25, 0.3) is 0 Å². The van der Waals surface area contributed by atoms with Crippen molar-refractivity contribution >= 4 is 0 Å². The lowest BCUT2D eigenvalue weighted by Crippen LogP contribution is -1.85. The Hall–Kier alpha value is -0.500. The summed E-state index contributed by atoms with van der Waals surface area (Å²) < 4.78 is 0. The van der Waals surface area contributed by atoms with E-state index in [1.54, 1.807) is 6.08 Å². The first-order valence-electron chi connectivity index (χ1n) is 3.76. The van der Waals surface area contributed by atoms with Gasteiger partial charge in [0.1, 0.15) is 0 Å². The third-order valence-electron chi connectivity index (χ3n) is 1.42. The molecular weight excluding hydrogens is 128 g/mol. The van der Waals surface area contributed by atoms with Crippen LogP contribution >= 0.6 is 0 Å². The fourth-order valence-electron chi connectivity index (χ4n) is 0.739. The van der Waals surface area contributed by atoms with Crippen LogP contribution in [0.1, 0.15) is 32.6 Å². The van der Waals surface area contributed by atoms with Crippen LogP contribution in [0.25, 0.3) is 0 Å². The minimum absolute atomic E-state index is 0.261. The molecule has 0 saturated heterocycles. The maximum atomic E-state index is 8.96. The zero-order valence-electron chi connectivity index (χ0n) is 6.51. The van der Waals surface area contributed by atoms with Gasteiger partial charge < -0.3 is 10.2 Å². The molecule has 60 valence electrons. The highest BCUT2D eigenvalue weighted by Crippen LogP contribution is 2.04. The summed E-state index contributed by atoms with van der Waals surface area (Å²) in [5.74, 6) is 0.456. The second-order valence-electron chi connectivity index (χ2n) is 2.31. The second kappa shape index (κ2) is 6.62. The summed E-state index contributed by atoms with van der Waals surface area (Å²) in [6, 6.07) is 0. The summed E-state index contributed by atoms with van der Waals surface area (Å²) >= 11 is 0. The van der Waals surface area contributed by atoms with Crippen LogP contribution < -0.4 is 0 Å². The van der Waals surface area contributed by atoms with Gasteiger partial charge in [0, 0.05) is 13.0 Å². The Balaban J connectivity index is 3.04. The first-order chi connectivity index (χ1) is 4.81. The lowest BCUT2D eigenvalue weighted by Gasteiger charge is -1.97. The van der Waals surface area contributed by atoms with Gasteiger partial charge in [0.2, 0.25) is 0 Å². The molecule has 0 aliphatic heterocycles. The number of aliphatic hydroxyl groups is 2. The summed E-state index contributed by atoms with van der Waals surface area (Å²) in [5.41, 5.74) is 0. The summed E-state index contributed by atoms with van der Waals surface area (Å²) in [5, 5.41) is 17.4. The van der Waals surface area contributed by atoms with E-state index >= 15 is 0 Å². The Bertz CT molecular complexity index is 97.4. The third kappa shape index (κ3) is 5.63. The van der Waals surface area contributed by atoms with Gasteiger partial charge in [-0.2, -0.15) is 0 Å². The predicted molar refractivity (Wildman–Crippen MR) is 41.9 cm³/mol. The molecule has 0 saturated carbocycles. The molecule has 0 bridgehead atoms. The number of hydrogen-bond acceptors (Lipinski definition) is 2. The zero-order chi connectivity index (χ0) is 7.82. The molecule has 0 aliphatic rings. The lowest BCUT2D eigenvalue weighted by atomic mass is 10.2. The highest BCUT2D eigenvalue weighted by Gasteiger charge is 1.90. The molecule has 0 fully saturated rings. The predicted octanol–water partition coefficient (Wildman–Crippen LogP) is 2.00. The molecule has 0 aliphatic carbocycles. The summed E-state index contributed by atoms with van der Waals surface area (Å²) in [6.45, 7) is 2.08. The van der Waals surface area contributed by atoms with Gasteiger partial charge in [-0.05, 0) is 25.8 Å². The van der Waals surface area contributed by atoms with Crippen molar-refractivity contribution in [1.29, 1.82) is 0 Å². The van der Waals surface area contributed by atoms with Gasteiger partial charge in [-0.25, -0.2) is 0 Å². The van der Waals surface area contributed by atoms with Crippen molar-refractivity contribution in [3.8, 4) is 0 Å². The van der Waals surface area contributed by atoms with Crippen molar-refractivity contribution < 1.29 is 10.2 Å². The first-order valence-corrected chi connectivity index (χ1v) is 3.76. The van der Waals surface area contributed by atoms with E-state index in [0.29, 0.717) is 5.76 Å². The van der Waals surface area contributed by atoms with Gasteiger partial charge in [0.15, 0.2) is 0 Å². The molecule has 0 atom stereocenters. The Morgan fingerprint density at radius 1 is 1.30 bits per heavy atom. The topological polar surface area (TPSA) is 40.5 Å². The highest BCUT2D eigenvalue weighted by atomic mass is 16.3. The fraction of sp³-hybridized carbons (Fsp3) is 0.750. The molecule has 2 heteroatoms. The van der Waals surface area contributed by atoms with Crippen LogP contribution in [0.5, 0.6) is 0 Å². The Kier molecular flexibility index (Phi) is 6.29. The summed E-state index contributed by atoms with van der Waals surface area (Å²) in [7, 11) is 0. The molecule has 0 aromatic heterocycles. The molecule has 0 aromatic carbocycles. The highest BCUT2D eigenvalue weighted by molar-refractivity contribution is 4.86. The number of unbranched alkanes of at least 4 members (excludes halogenated alkanes) is 2. The molecular formula is C8H16O2. The minimum Gasteiger partial charge on any atom is -0.513 e.